The van der Waals surface area contributed by atoms with Crippen molar-refractivity contribution in [1.29, 1.82) is 0 Å². The van der Waals surface area contributed by atoms with Gasteiger partial charge in [-0.05, 0) is 79.5 Å². The van der Waals surface area contributed by atoms with Crippen molar-refractivity contribution in [3.63, 3.8) is 0 Å². The van der Waals surface area contributed by atoms with Crippen molar-refractivity contribution in [3.8, 4) is 5.69 Å². The Labute approximate surface area is 158 Å². The highest BCUT2D eigenvalue weighted by Gasteiger charge is 2.30. The van der Waals surface area contributed by atoms with Gasteiger partial charge >= 0.3 is 5.97 Å². The number of piperidine rings is 1. The molecule has 1 aromatic heterocycles. The van der Waals surface area contributed by atoms with E-state index in [1.165, 1.54) is 16.0 Å². The molecule has 1 unspecified atom stereocenters. The minimum absolute atomic E-state index is 0.0392. The van der Waals surface area contributed by atoms with Gasteiger partial charge in [-0.15, -0.1) is 0 Å². The Hall–Kier alpha value is -2.06. The van der Waals surface area contributed by atoms with Gasteiger partial charge in [0.15, 0.2) is 6.67 Å². The van der Waals surface area contributed by atoms with Gasteiger partial charge in [0.05, 0.1) is 25.4 Å². The van der Waals surface area contributed by atoms with E-state index in [0.717, 1.165) is 31.6 Å². The molecule has 3 rings (SSSR count). The molecule has 0 spiro atoms. The highest BCUT2D eigenvalue weighted by molar-refractivity contribution is 7.71. The fourth-order valence-corrected chi connectivity index (χ4v) is 3.60. The molecule has 0 aliphatic carbocycles. The van der Waals surface area contributed by atoms with Crippen molar-refractivity contribution in [3.05, 3.63) is 34.1 Å². The molecule has 26 heavy (non-hydrogen) atoms. The van der Waals surface area contributed by atoms with E-state index in [0.29, 0.717) is 18.0 Å². The third-order valence-electron chi connectivity index (χ3n) is 4.99. The lowest BCUT2D eigenvalue weighted by Gasteiger charge is -2.28. The van der Waals surface area contributed by atoms with Crippen LogP contribution in [0, 0.1) is 24.5 Å². The number of nitrogens with zero attached hydrogens (tertiary/aromatic N) is 4. The van der Waals surface area contributed by atoms with Gasteiger partial charge in [0.2, 0.25) is 4.77 Å². The van der Waals surface area contributed by atoms with Gasteiger partial charge in [0.1, 0.15) is 5.92 Å². The number of rotatable bonds is 5. The van der Waals surface area contributed by atoms with Gasteiger partial charge in [-0.25, -0.2) is 0 Å². The van der Waals surface area contributed by atoms with Crippen LogP contribution in [0.2, 0.25) is 0 Å². The van der Waals surface area contributed by atoms with Crippen LogP contribution in [-0.2, 0) is 16.2 Å². The molecule has 140 valence electrons. The molecule has 0 amide bonds. The summed E-state index contributed by atoms with van der Waals surface area (Å²) >= 11 is 5.57. The van der Waals surface area contributed by atoms with Crippen molar-refractivity contribution < 1.29 is 14.4 Å². The number of likely N-dealkylation sites (tertiary alicyclic amines) is 1. The summed E-state index contributed by atoms with van der Waals surface area (Å²) in [7, 11) is 0. The predicted molar refractivity (Wildman–Crippen MR) is 99.7 cm³/mol. The van der Waals surface area contributed by atoms with Gasteiger partial charge in [-0.3, -0.25) is 4.79 Å². The molecule has 1 aliphatic rings. The minimum atomic E-state index is -0.0907. The molecule has 8 heteroatoms. The normalized spacial score (nSPS) is 20.1. The number of carbonyl (C=O) groups excluding carboxylic acids is 1. The van der Waals surface area contributed by atoms with Gasteiger partial charge < -0.3 is 9.64 Å². The third kappa shape index (κ3) is 4.02. The largest absolute Gasteiger partial charge is 0.466 e. The zero-order valence-electron chi connectivity index (χ0n) is 15.6. The van der Waals surface area contributed by atoms with Crippen LogP contribution in [0.3, 0.4) is 0 Å². The van der Waals surface area contributed by atoms with Crippen molar-refractivity contribution in [1.82, 2.24) is 19.8 Å². The van der Waals surface area contributed by atoms with Crippen molar-refractivity contribution >= 4 is 18.2 Å². The van der Waals surface area contributed by atoms with E-state index in [1.54, 1.807) is 9.36 Å². The van der Waals surface area contributed by atoms with E-state index in [-0.39, 0.29) is 11.9 Å². The fourth-order valence-electron chi connectivity index (χ4n) is 3.36. The third-order valence-corrected chi connectivity index (χ3v) is 5.37. The van der Waals surface area contributed by atoms with E-state index < -0.39 is 0 Å². The minimum Gasteiger partial charge on any atom is -0.466 e. The molecule has 0 saturated carbocycles. The molecule has 1 aromatic carbocycles. The molecular weight excluding hydrogens is 350 g/mol. The number of hydrogen-bond donors (Lipinski definition) is 1. The molecule has 7 nitrogen and oxygen atoms in total. The lowest BCUT2D eigenvalue weighted by atomic mass is 9.99. The number of aryl methyl sites for hydroxylation is 2. The van der Waals surface area contributed by atoms with Crippen molar-refractivity contribution in [2.75, 3.05) is 19.7 Å². The number of hydrogen-bond acceptors (Lipinski definition) is 5. The first kappa shape index (κ1) is 18.7. The zero-order chi connectivity index (χ0) is 18.7. The highest BCUT2D eigenvalue weighted by atomic mass is 32.1. The molecule has 1 N–H and O–H groups in total. The Balaban J connectivity index is 1.73. The van der Waals surface area contributed by atoms with E-state index in [2.05, 4.69) is 36.4 Å². The second-order valence-corrected chi connectivity index (χ2v) is 7.26. The van der Waals surface area contributed by atoms with E-state index in [1.807, 2.05) is 13.0 Å². The Bertz CT molecular complexity index is 844. The van der Waals surface area contributed by atoms with Crippen LogP contribution in [-0.4, -0.2) is 45.5 Å². The zero-order valence-corrected chi connectivity index (χ0v) is 16.4. The van der Waals surface area contributed by atoms with Gasteiger partial charge in [0.25, 0.3) is 0 Å². The van der Waals surface area contributed by atoms with E-state index >= 15 is 0 Å². The molecule has 2 heterocycles. The van der Waals surface area contributed by atoms with Crippen molar-refractivity contribution in [2.24, 2.45) is 5.92 Å². The number of carbonyl (C=O) groups is 1. The highest BCUT2D eigenvalue weighted by Crippen LogP contribution is 2.13. The summed E-state index contributed by atoms with van der Waals surface area (Å²) in [5.41, 5.74) is 3.34. The lowest BCUT2D eigenvalue weighted by Crippen LogP contribution is -3.13. The maximum Gasteiger partial charge on any atom is 0.314 e. The van der Waals surface area contributed by atoms with Crippen LogP contribution < -0.4 is 4.90 Å². The number of ether oxygens (including phenoxy) is 1. The molecular formula is C18H26N5O2S+. The van der Waals surface area contributed by atoms with Crippen LogP contribution in [0.5, 0.6) is 0 Å². The van der Waals surface area contributed by atoms with Gasteiger partial charge in [0, 0.05) is 0 Å². The summed E-state index contributed by atoms with van der Waals surface area (Å²) in [6.07, 6.45) is 1.89. The monoisotopic (exact) mass is 376 g/mol. The van der Waals surface area contributed by atoms with Crippen LogP contribution in [0.1, 0.15) is 30.9 Å². The van der Waals surface area contributed by atoms with E-state index in [4.69, 9.17) is 17.0 Å². The van der Waals surface area contributed by atoms with Crippen LogP contribution in [0.25, 0.3) is 5.69 Å². The smallest absolute Gasteiger partial charge is 0.314 e. The Kier molecular flexibility index (Phi) is 5.83. The topological polar surface area (TPSA) is 66.4 Å². The Morgan fingerprint density at radius 3 is 2.88 bits per heavy atom. The number of tetrazole rings is 1. The maximum atomic E-state index is 12.0. The summed E-state index contributed by atoms with van der Waals surface area (Å²) in [5.74, 6) is -0.130. The summed E-state index contributed by atoms with van der Waals surface area (Å²) in [6.45, 7) is 8.77. The summed E-state index contributed by atoms with van der Waals surface area (Å²) in [6, 6.07) is 6.13. The maximum absolute atomic E-state index is 12.0. The number of benzene rings is 1. The SMILES string of the molecule is CCOC(=O)[C@@H]1CCC[NH+](Cn2nnn(-c3ccc(C)c(C)c3)c2=S)C1. The van der Waals surface area contributed by atoms with Crippen LogP contribution in [0.4, 0.5) is 0 Å². The first-order valence-corrected chi connectivity index (χ1v) is 9.51. The Morgan fingerprint density at radius 2 is 2.15 bits per heavy atom. The number of quaternary nitrogens is 1. The Morgan fingerprint density at radius 1 is 1.35 bits per heavy atom. The number of nitrogens with one attached hydrogen (secondary N) is 1. The number of aromatic nitrogens is 4. The van der Waals surface area contributed by atoms with Crippen molar-refractivity contribution in [2.45, 2.75) is 40.3 Å². The molecule has 0 bridgehead atoms. The first-order valence-electron chi connectivity index (χ1n) is 9.10. The molecule has 0 radical (unpaired) electrons. The fraction of sp³-hybridized carbons (Fsp3) is 0.556. The molecule has 2 aromatic rings. The number of esters is 1. The van der Waals surface area contributed by atoms with Gasteiger partial charge in [-0.1, -0.05) is 6.07 Å². The lowest BCUT2D eigenvalue weighted by molar-refractivity contribution is -0.930. The average molecular weight is 377 g/mol. The van der Waals surface area contributed by atoms with E-state index in [9.17, 15) is 4.79 Å². The molecule has 2 atom stereocenters. The summed E-state index contributed by atoms with van der Waals surface area (Å²) < 4.78 is 9.18. The molecule has 1 fully saturated rings. The standard InChI is InChI=1S/C18H25N5O2S/c1-4-25-17(24)15-6-5-9-21(11-15)12-22-18(26)23(20-19-22)16-8-7-13(2)14(3)10-16/h7-8,10,15H,4-6,9,11-12H2,1-3H3/p+1/t15-/m1/s1. The van der Waals surface area contributed by atoms with Gasteiger partial charge in [-0.2, -0.15) is 9.36 Å². The summed E-state index contributed by atoms with van der Waals surface area (Å²) in [5, 5.41) is 8.46. The quantitative estimate of drug-likeness (QED) is 0.628. The summed E-state index contributed by atoms with van der Waals surface area (Å²) in [4.78, 5) is 13.3. The van der Waals surface area contributed by atoms with Crippen LogP contribution in [0.15, 0.2) is 18.2 Å². The molecule has 1 aliphatic heterocycles. The first-order chi connectivity index (χ1) is 12.5. The predicted octanol–water partition coefficient (Wildman–Crippen LogP) is 1.23. The molecule has 1 saturated heterocycles. The second-order valence-electron chi connectivity index (χ2n) is 6.89. The van der Waals surface area contributed by atoms with Crippen LogP contribution >= 0.6 is 12.2 Å². The average Bonchev–Trinajstić information content (AvgIpc) is 2.98. The second kappa shape index (κ2) is 8.09.